The quantitative estimate of drug-likeness (QED) is 0.778. The Hall–Kier alpha value is -2.41. The summed E-state index contributed by atoms with van der Waals surface area (Å²) in [5.41, 5.74) is 1.14. The van der Waals surface area contributed by atoms with Crippen molar-refractivity contribution in [2.75, 3.05) is 4.72 Å². The van der Waals surface area contributed by atoms with Crippen molar-refractivity contribution >= 4 is 26.6 Å². The van der Waals surface area contributed by atoms with Crippen LogP contribution >= 0.6 is 0 Å². The summed E-state index contributed by atoms with van der Waals surface area (Å²) in [6, 6.07) is 10.1. The maximum Gasteiger partial charge on any atom is 0.264 e. The molecule has 0 atom stereocenters. The van der Waals surface area contributed by atoms with Gasteiger partial charge in [0.05, 0.1) is 11.7 Å². The van der Waals surface area contributed by atoms with E-state index in [0.29, 0.717) is 5.69 Å². The average Bonchev–Trinajstić information content (AvgIpc) is 2.86. The van der Waals surface area contributed by atoms with Crippen LogP contribution in [0, 0.1) is 5.82 Å². The molecular weight excluding hydrogens is 281 g/mol. The third-order valence-electron chi connectivity index (χ3n) is 2.82. The minimum atomic E-state index is -3.95. The SMILES string of the molecule is O=S(=O)(Nc1ccc2[nH]ncc2c1)c1ccccc1F. The fraction of sp³-hybridized carbons (Fsp3) is 0. The lowest BCUT2D eigenvalue weighted by atomic mass is 10.2. The van der Waals surface area contributed by atoms with Crippen molar-refractivity contribution in [2.45, 2.75) is 4.90 Å². The van der Waals surface area contributed by atoms with Gasteiger partial charge in [0, 0.05) is 11.1 Å². The van der Waals surface area contributed by atoms with E-state index in [9.17, 15) is 12.8 Å². The number of anilines is 1. The standard InChI is InChI=1S/C13H10FN3O2S/c14-11-3-1-2-4-13(11)20(18,19)17-10-5-6-12-9(7-10)8-15-16-12/h1-8,17H,(H,15,16). The first-order valence-corrected chi connectivity index (χ1v) is 7.25. The Morgan fingerprint density at radius 1 is 1.15 bits per heavy atom. The van der Waals surface area contributed by atoms with Crippen molar-refractivity contribution in [3.63, 3.8) is 0 Å². The number of H-pyrrole nitrogens is 1. The van der Waals surface area contributed by atoms with Gasteiger partial charge in [-0.1, -0.05) is 12.1 Å². The van der Waals surface area contributed by atoms with Crippen LogP contribution < -0.4 is 4.72 Å². The van der Waals surface area contributed by atoms with Gasteiger partial charge in [0.25, 0.3) is 10.0 Å². The molecule has 3 rings (SSSR count). The van der Waals surface area contributed by atoms with Gasteiger partial charge in [0.15, 0.2) is 0 Å². The molecule has 0 saturated heterocycles. The monoisotopic (exact) mass is 291 g/mol. The molecule has 1 heterocycles. The number of benzene rings is 2. The molecule has 0 unspecified atom stereocenters. The van der Waals surface area contributed by atoms with E-state index >= 15 is 0 Å². The molecule has 102 valence electrons. The van der Waals surface area contributed by atoms with Crippen LogP contribution in [0.2, 0.25) is 0 Å². The molecule has 20 heavy (non-hydrogen) atoms. The number of aromatic amines is 1. The predicted molar refractivity (Wildman–Crippen MR) is 73.3 cm³/mol. The number of aromatic nitrogens is 2. The van der Waals surface area contributed by atoms with Crippen molar-refractivity contribution in [2.24, 2.45) is 0 Å². The zero-order valence-electron chi connectivity index (χ0n) is 10.2. The molecule has 5 nitrogen and oxygen atoms in total. The van der Waals surface area contributed by atoms with Crippen LogP contribution in [0.1, 0.15) is 0 Å². The van der Waals surface area contributed by atoms with E-state index in [4.69, 9.17) is 0 Å². The van der Waals surface area contributed by atoms with E-state index in [-0.39, 0.29) is 4.90 Å². The fourth-order valence-electron chi connectivity index (χ4n) is 1.88. The van der Waals surface area contributed by atoms with Crippen molar-refractivity contribution < 1.29 is 12.8 Å². The Kier molecular flexibility index (Phi) is 2.90. The number of nitrogens with zero attached hydrogens (tertiary/aromatic N) is 1. The van der Waals surface area contributed by atoms with Crippen LogP contribution in [0.25, 0.3) is 10.9 Å². The van der Waals surface area contributed by atoms with E-state index < -0.39 is 15.8 Å². The number of hydrogen-bond acceptors (Lipinski definition) is 3. The van der Waals surface area contributed by atoms with Crippen LogP contribution in [-0.4, -0.2) is 18.6 Å². The fourth-order valence-corrected chi connectivity index (χ4v) is 3.01. The van der Waals surface area contributed by atoms with Crippen LogP contribution in [0.3, 0.4) is 0 Å². The molecule has 0 aliphatic heterocycles. The number of fused-ring (bicyclic) bond motifs is 1. The summed E-state index contributed by atoms with van der Waals surface area (Å²) in [4.78, 5) is -0.382. The van der Waals surface area contributed by atoms with Crippen molar-refractivity contribution in [1.82, 2.24) is 10.2 Å². The molecule has 0 saturated carbocycles. The lowest BCUT2D eigenvalue weighted by Crippen LogP contribution is -2.14. The molecule has 2 N–H and O–H groups in total. The van der Waals surface area contributed by atoms with Crippen molar-refractivity contribution in [3.8, 4) is 0 Å². The Bertz CT molecular complexity index is 874. The Balaban J connectivity index is 1.99. The summed E-state index contributed by atoms with van der Waals surface area (Å²) in [5.74, 6) is -0.788. The van der Waals surface area contributed by atoms with E-state index in [0.717, 1.165) is 17.0 Å². The predicted octanol–water partition coefficient (Wildman–Crippen LogP) is 2.50. The van der Waals surface area contributed by atoms with Crippen molar-refractivity contribution in [3.05, 3.63) is 54.5 Å². The van der Waals surface area contributed by atoms with E-state index in [1.54, 1.807) is 24.4 Å². The van der Waals surface area contributed by atoms with Gasteiger partial charge in [-0.05, 0) is 30.3 Å². The third kappa shape index (κ3) is 2.23. The number of halogens is 1. The van der Waals surface area contributed by atoms with Crippen molar-refractivity contribution in [1.29, 1.82) is 0 Å². The summed E-state index contributed by atoms with van der Waals surface area (Å²) in [6.07, 6.45) is 1.58. The van der Waals surface area contributed by atoms with Gasteiger partial charge in [-0.2, -0.15) is 5.10 Å². The molecule has 0 aliphatic carbocycles. The van der Waals surface area contributed by atoms with Crippen LogP contribution in [-0.2, 0) is 10.0 Å². The van der Waals surface area contributed by atoms with Crippen LogP contribution in [0.15, 0.2) is 53.6 Å². The highest BCUT2D eigenvalue weighted by Crippen LogP contribution is 2.21. The minimum absolute atomic E-state index is 0.349. The van der Waals surface area contributed by atoms with Gasteiger partial charge >= 0.3 is 0 Å². The molecule has 0 bridgehead atoms. The first-order valence-electron chi connectivity index (χ1n) is 5.77. The first kappa shape index (κ1) is 12.6. The molecule has 0 fully saturated rings. The van der Waals surface area contributed by atoms with E-state index in [1.807, 2.05) is 0 Å². The summed E-state index contributed by atoms with van der Waals surface area (Å²) in [7, 11) is -3.95. The third-order valence-corrected chi connectivity index (χ3v) is 4.23. The molecule has 7 heteroatoms. The molecule has 1 aromatic heterocycles. The van der Waals surface area contributed by atoms with Gasteiger partial charge in [-0.25, -0.2) is 12.8 Å². The summed E-state index contributed by atoms with van der Waals surface area (Å²) in [6.45, 7) is 0. The highest BCUT2D eigenvalue weighted by atomic mass is 32.2. The number of sulfonamides is 1. The molecule has 0 aliphatic rings. The largest absolute Gasteiger partial charge is 0.280 e. The topological polar surface area (TPSA) is 74.8 Å². The first-order chi connectivity index (χ1) is 9.56. The molecule has 3 aromatic rings. The maximum absolute atomic E-state index is 13.6. The van der Waals surface area contributed by atoms with Gasteiger partial charge in [-0.15, -0.1) is 0 Å². The zero-order chi connectivity index (χ0) is 14.2. The summed E-state index contributed by atoms with van der Waals surface area (Å²) >= 11 is 0. The normalized spacial score (nSPS) is 11.7. The molecule has 0 spiro atoms. The number of hydrogen-bond donors (Lipinski definition) is 2. The van der Waals surface area contributed by atoms with Gasteiger partial charge in [0.2, 0.25) is 0 Å². The summed E-state index contributed by atoms with van der Waals surface area (Å²) in [5, 5.41) is 7.37. The maximum atomic E-state index is 13.6. The van der Waals surface area contributed by atoms with Crippen LogP contribution in [0.4, 0.5) is 10.1 Å². The highest BCUT2D eigenvalue weighted by Gasteiger charge is 2.18. The zero-order valence-corrected chi connectivity index (χ0v) is 11.0. The summed E-state index contributed by atoms with van der Waals surface area (Å²) < 4.78 is 40.1. The lowest BCUT2D eigenvalue weighted by Gasteiger charge is -2.08. The molecule has 0 radical (unpaired) electrons. The van der Waals surface area contributed by atoms with Gasteiger partial charge in [0.1, 0.15) is 10.7 Å². The molecular formula is C13H10FN3O2S. The smallest absolute Gasteiger partial charge is 0.264 e. The second-order valence-electron chi connectivity index (χ2n) is 4.21. The second-order valence-corrected chi connectivity index (χ2v) is 5.86. The number of rotatable bonds is 3. The Morgan fingerprint density at radius 2 is 1.95 bits per heavy atom. The van der Waals surface area contributed by atoms with Gasteiger partial charge in [-0.3, -0.25) is 9.82 Å². The molecule has 0 amide bonds. The highest BCUT2D eigenvalue weighted by molar-refractivity contribution is 7.92. The van der Waals surface area contributed by atoms with E-state index in [1.165, 1.54) is 18.2 Å². The Morgan fingerprint density at radius 3 is 2.75 bits per heavy atom. The van der Waals surface area contributed by atoms with E-state index in [2.05, 4.69) is 14.9 Å². The van der Waals surface area contributed by atoms with Gasteiger partial charge < -0.3 is 0 Å². The van der Waals surface area contributed by atoms with Crippen LogP contribution in [0.5, 0.6) is 0 Å². The second kappa shape index (κ2) is 4.61. The average molecular weight is 291 g/mol. The number of nitrogens with one attached hydrogen (secondary N) is 2. The molecule has 2 aromatic carbocycles. The minimum Gasteiger partial charge on any atom is -0.280 e. The Labute approximate surface area is 114 Å². The lowest BCUT2D eigenvalue weighted by molar-refractivity contribution is 0.570.